The lowest BCUT2D eigenvalue weighted by molar-refractivity contribution is 0.195. The molecule has 0 fully saturated rings. The van der Waals surface area contributed by atoms with Crippen LogP contribution in [0.3, 0.4) is 0 Å². The molecule has 0 aliphatic heterocycles. The number of rotatable bonds is 9. The highest BCUT2D eigenvalue weighted by Gasteiger charge is 2.20. The minimum Gasteiger partial charge on any atom is -0.329 e. The first kappa shape index (κ1) is 17.8. The zero-order valence-electron chi connectivity index (χ0n) is 12.5. The van der Waals surface area contributed by atoms with Crippen molar-refractivity contribution in [3.05, 3.63) is 33.8 Å². The highest BCUT2D eigenvalue weighted by Crippen LogP contribution is 2.29. The molecule has 1 rings (SSSR count). The molecule has 0 saturated heterocycles. The molecule has 0 amide bonds. The van der Waals surface area contributed by atoms with E-state index in [1.54, 1.807) is 6.07 Å². The number of nitrogens with zero attached hydrogens (tertiary/aromatic N) is 1. The molecule has 0 heterocycles. The van der Waals surface area contributed by atoms with Crippen molar-refractivity contribution in [3.63, 3.8) is 0 Å². The molecular weight excluding hydrogens is 291 g/mol. The Morgan fingerprint density at radius 3 is 2.15 bits per heavy atom. The summed E-state index contributed by atoms with van der Waals surface area (Å²) < 4.78 is 0. The number of unbranched alkanes of at least 4 members (excludes halogenated alkanes) is 2. The van der Waals surface area contributed by atoms with E-state index in [0.29, 0.717) is 16.6 Å². The smallest absolute Gasteiger partial charge is 0.0485 e. The minimum absolute atomic E-state index is 0.179. The maximum Gasteiger partial charge on any atom is 0.0485 e. The lowest BCUT2D eigenvalue weighted by Crippen LogP contribution is -2.35. The third-order valence-electron chi connectivity index (χ3n) is 3.58. The first-order valence-corrected chi connectivity index (χ1v) is 8.28. The van der Waals surface area contributed by atoms with Gasteiger partial charge in [-0.1, -0.05) is 56.0 Å². The van der Waals surface area contributed by atoms with Crippen molar-refractivity contribution in [1.82, 2.24) is 4.90 Å². The summed E-state index contributed by atoms with van der Waals surface area (Å²) in [7, 11) is 0. The molecular formula is C16H26Cl2N2. The van der Waals surface area contributed by atoms with E-state index in [4.69, 9.17) is 28.9 Å². The van der Waals surface area contributed by atoms with Crippen LogP contribution in [0.2, 0.25) is 10.0 Å². The largest absolute Gasteiger partial charge is 0.329 e. The summed E-state index contributed by atoms with van der Waals surface area (Å²) in [6.45, 7) is 7.14. The standard InChI is InChI=1S/C16H26Cl2N2/c1-3-5-9-20(10-6-4-2)16(12-19)14-8-7-13(17)11-15(14)18/h7-8,11,16H,3-6,9-10,12,19H2,1-2H3. The maximum atomic E-state index is 6.35. The van der Waals surface area contributed by atoms with Gasteiger partial charge in [-0.2, -0.15) is 0 Å². The van der Waals surface area contributed by atoms with Gasteiger partial charge in [0.1, 0.15) is 0 Å². The van der Waals surface area contributed by atoms with Crippen LogP contribution < -0.4 is 5.73 Å². The summed E-state index contributed by atoms with van der Waals surface area (Å²) in [6.07, 6.45) is 4.75. The second-order valence-electron chi connectivity index (χ2n) is 5.16. The maximum absolute atomic E-state index is 6.35. The number of benzene rings is 1. The highest BCUT2D eigenvalue weighted by molar-refractivity contribution is 6.35. The van der Waals surface area contributed by atoms with E-state index in [-0.39, 0.29) is 6.04 Å². The van der Waals surface area contributed by atoms with E-state index in [1.165, 1.54) is 25.7 Å². The number of hydrogen-bond acceptors (Lipinski definition) is 2. The SMILES string of the molecule is CCCCN(CCCC)C(CN)c1ccc(Cl)cc1Cl. The van der Waals surface area contributed by atoms with Crippen LogP contribution in [0, 0.1) is 0 Å². The van der Waals surface area contributed by atoms with Gasteiger partial charge in [0.2, 0.25) is 0 Å². The third-order valence-corrected chi connectivity index (χ3v) is 4.15. The van der Waals surface area contributed by atoms with Crippen molar-refractivity contribution in [2.24, 2.45) is 5.73 Å². The number of hydrogen-bond donors (Lipinski definition) is 1. The van der Waals surface area contributed by atoms with Crippen molar-refractivity contribution in [3.8, 4) is 0 Å². The van der Waals surface area contributed by atoms with E-state index in [2.05, 4.69) is 18.7 Å². The lowest BCUT2D eigenvalue weighted by atomic mass is 10.0. The summed E-state index contributed by atoms with van der Waals surface area (Å²) in [5.41, 5.74) is 7.11. The van der Waals surface area contributed by atoms with Crippen molar-refractivity contribution in [2.75, 3.05) is 19.6 Å². The van der Waals surface area contributed by atoms with Crippen LogP contribution in [0.15, 0.2) is 18.2 Å². The Morgan fingerprint density at radius 1 is 1.10 bits per heavy atom. The van der Waals surface area contributed by atoms with E-state index in [9.17, 15) is 0 Å². The molecule has 1 atom stereocenters. The second kappa shape index (κ2) is 9.62. The van der Waals surface area contributed by atoms with Crippen LogP contribution in [0.1, 0.15) is 51.1 Å². The summed E-state index contributed by atoms with van der Waals surface area (Å²) in [5.74, 6) is 0. The van der Waals surface area contributed by atoms with Gasteiger partial charge < -0.3 is 5.73 Å². The van der Waals surface area contributed by atoms with Gasteiger partial charge in [0.15, 0.2) is 0 Å². The fraction of sp³-hybridized carbons (Fsp3) is 0.625. The zero-order valence-corrected chi connectivity index (χ0v) is 14.1. The molecule has 0 aliphatic carbocycles. The monoisotopic (exact) mass is 316 g/mol. The predicted octanol–water partition coefficient (Wildman–Crippen LogP) is 4.90. The molecule has 1 aromatic rings. The van der Waals surface area contributed by atoms with Crippen molar-refractivity contribution >= 4 is 23.2 Å². The highest BCUT2D eigenvalue weighted by atomic mass is 35.5. The lowest BCUT2D eigenvalue weighted by Gasteiger charge is -2.32. The Labute approximate surface area is 133 Å². The summed E-state index contributed by atoms with van der Waals surface area (Å²) in [5, 5.41) is 1.38. The minimum atomic E-state index is 0.179. The van der Waals surface area contributed by atoms with Crippen LogP contribution in [0.25, 0.3) is 0 Å². The fourth-order valence-corrected chi connectivity index (χ4v) is 2.92. The molecule has 1 aromatic carbocycles. The predicted molar refractivity (Wildman–Crippen MR) is 89.6 cm³/mol. The third kappa shape index (κ3) is 5.25. The van der Waals surface area contributed by atoms with Crippen LogP contribution in [-0.4, -0.2) is 24.5 Å². The first-order valence-electron chi connectivity index (χ1n) is 7.53. The van der Waals surface area contributed by atoms with Gasteiger partial charge in [0, 0.05) is 22.6 Å². The van der Waals surface area contributed by atoms with Gasteiger partial charge >= 0.3 is 0 Å². The van der Waals surface area contributed by atoms with Gasteiger partial charge in [0.25, 0.3) is 0 Å². The quantitative estimate of drug-likeness (QED) is 0.702. The Kier molecular flexibility index (Phi) is 8.55. The average Bonchev–Trinajstić information content (AvgIpc) is 2.43. The van der Waals surface area contributed by atoms with Crippen LogP contribution in [0.5, 0.6) is 0 Å². The molecule has 0 saturated carbocycles. The van der Waals surface area contributed by atoms with Gasteiger partial charge in [-0.05, 0) is 43.6 Å². The summed E-state index contributed by atoms with van der Waals surface area (Å²) in [4.78, 5) is 2.46. The van der Waals surface area contributed by atoms with E-state index in [1.807, 2.05) is 12.1 Å². The van der Waals surface area contributed by atoms with Crippen LogP contribution in [-0.2, 0) is 0 Å². The fourth-order valence-electron chi connectivity index (χ4n) is 2.39. The average molecular weight is 317 g/mol. The number of nitrogens with two attached hydrogens (primary N) is 1. The molecule has 0 bridgehead atoms. The van der Waals surface area contributed by atoms with Crippen LogP contribution >= 0.6 is 23.2 Å². The van der Waals surface area contributed by atoms with Gasteiger partial charge in [0.05, 0.1) is 0 Å². The molecule has 4 heteroatoms. The summed E-state index contributed by atoms with van der Waals surface area (Å²) in [6, 6.07) is 5.88. The molecule has 0 radical (unpaired) electrons. The number of halogens is 2. The molecule has 1 unspecified atom stereocenters. The van der Waals surface area contributed by atoms with Crippen LogP contribution in [0.4, 0.5) is 0 Å². The Hall–Kier alpha value is -0.280. The van der Waals surface area contributed by atoms with Crippen molar-refractivity contribution < 1.29 is 0 Å². The molecule has 0 aromatic heterocycles. The molecule has 2 nitrogen and oxygen atoms in total. The Balaban J connectivity index is 2.92. The zero-order chi connectivity index (χ0) is 15.0. The van der Waals surface area contributed by atoms with Gasteiger partial charge in [-0.15, -0.1) is 0 Å². The molecule has 114 valence electrons. The topological polar surface area (TPSA) is 29.3 Å². The summed E-state index contributed by atoms with van der Waals surface area (Å²) >= 11 is 12.3. The second-order valence-corrected chi connectivity index (χ2v) is 6.00. The first-order chi connectivity index (χ1) is 9.63. The van der Waals surface area contributed by atoms with E-state index >= 15 is 0 Å². The normalized spacial score (nSPS) is 12.9. The Morgan fingerprint density at radius 2 is 1.70 bits per heavy atom. The van der Waals surface area contributed by atoms with Crippen molar-refractivity contribution in [1.29, 1.82) is 0 Å². The molecule has 2 N–H and O–H groups in total. The van der Waals surface area contributed by atoms with Gasteiger partial charge in [-0.3, -0.25) is 4.90 Å². The van der Waals surface area contributed by atoms with E-state index < -0.39 is 0 Å². The van der Waals surface area contributed by atoms with E-state index in [0.717, 1.165) is 18.7 Å². The molecule has 0 aliphatic rings. The molecule has 20 heavy (non-hydrogen) atoms. The molecule has 0 spiro atoms. The Bertz CT molecular complexity index is 388. The van der Waals surface area contributed by atoms with Gasteiger partial charge in [-0.25, -0.2) is 0 Å². The van der Waals surface area contributed by atoms with Crippen molar-refractivity contribution in [2.45, 2.75) is 45.6 Å².